The molecule has 0 fully saturated rings. The minimum Gasteiger partial charge on any atom is -0.466 e. The van der Waals surface area contributed by atoms with Gasteiger partial charge in [-0.05, 0) is 17.9 Å². The summed E-state index contributed by atoms with van der Waals surface area (Å²) in [5.41, 5.74) is -3.36. The smallest absolute Gasteiger partial charge is 0.432 e. The zero-order valence-electron chi connectivity index (χ0n) is 11.5. The minimum atomic E-state index is -5.15. The van der Waals surface area contributed by atoms with Gasteiger partial charge < -0.3 is 9.84 Å². The topological polar surface area (TPSA) is 46.5 Å². The molecule has 6 heteroatoms. The highest BCUT2D eigenvalue weighted by Crippen LogP contribution is 2.40. The zero-order valence-corrected chi connectivity index (χ0v) is 11.5. The van der Waals surface area contributed by atoms with Crippen LogP contribution in [-0.4, -0.2) is 24.4 Å². The summed E-state index contributed by atoms with van der Waals surface area (Å²) in [6.07, 6.45) is -4.46. The first-order valence-corrected chi connectivity index (χ1v) is 6.09. The van der Waals surface area contributed by atoms with Crippen LogP contribution in [0.15, 0.2) is 24.3 Å². The predicted octanol–water partition coefficient (Wildman–Crippen LogP) is 2.81. The average Bonchev–Trinajstić information content (AvgIpc) is 2.35. The van der Waals surface area contributed by atoms with Gasteiger partial charge in [0.05, 0.1) is 7.11 Å². The Morgan fingerprint density at radius 2 is 1.75 bits per heavy atom. The van der Waals surface area contributed by atoms with Crippen molar-refractivity contribution in [3.05, 3.63) is 35.4 Å². The third kappa shape index (κ3) is 3.12. The summed E-state index contributed by atoms with van der Waals surface area (Å²) in [7, 11) is 0.798. The van der Waals surface area contributed by atoms with E-state index in [0.717, 1.165) is 24.8 Å². The Morgan fingerprint density at radius 3 is 2.10 bits per heavy atom. The van der Waals surface area contributed by atoms with Gasteiger partial charge in [-0.25, -0.2) is 4.79 Å². The van der Waals surface area contributed by atoms with E-state index in [1.165, 1.54) is 12.1 Å². The van der Waals surface area contributed by atoms with E-state index in [9.17, 15) is 23.1 Å². The summed E-state index contributed by atoms with van der Waals surface area (Å²) in [5, 5.41) is 9.76. The molecule has 0 spiro atoms. The maximum absolute atomic E-state index is 13.0. The highest BCUT2D eigenvalue weighted by Gasteiger charge is 2.61. The van der Waals surface area contributed by atoms with Crippen LogP contribution in [0.25, 0.3) is 0 Å². The van der Waals surface area contributed by atoms with E-state index in [2.05, 4.69) is 4.74 Å². The summed E-state index contributed by atoms with van der Waals surface area (Å²) in [4.78, 5) is 11.4. The molecule has 0 aliphatic rings. The standard InChI is InChI=1S/C14H17F3O3/c1-9(2)8-10-4-6-11(7-5-10)13(19,12(18)20-3)14(15,16)17/h4-7,9,19H,8H2,1-3H3/t13-/m0/s1. The van der Waals surface area contributed by atoms with E-state index < -0.39 is 23.3 Å². The van der Waals surface area contributed by atoms with Gasteiger partial charge in [0.15, 0.2) is 0 Å². The molecule has 1 rings (SSSR count). The van der Waals surface area contributed by atoms with E-state index in [1.54, 1.807) is 0 Å². The fourth-order valence-electron chi connectivity index (χ4n) is 1.90. The van der Waals surface area contributed by atoms with Gasteiger partial charge in [0.2, 0.25) is 0 Å². The van der Waals surface area contributed by atoms with Crippen molar-refractivity contribution in [2.75, 3.05) is 7.11 Å². The predicted molar refractivity (Wildman–Crippen MR) is 67.0 cm³/mol. The minimum absolute atomic E-state index is 0.350. The van der Waals surface area contributed by atoms with Crippen LogP contribution < -0.4 is 0 Å². The second kappa shape index (κ2) is 5.83. The van der Waals surface area contributed by atoms with E-state index >= 15 is 0 Å². The quantitative estimate of drug-likeness (QED) is 0.867. The maximum atomic E-state index is 13.0. The van der Waals surface area contributed by atoms with Crippen LogP contribution in [0, 0.1) is 5.92 Å². The Morgan fingerprint density at radius 1 is 1.25 bits per heavy atom. The number of halogens is 3. The second-order valence-corrected chi connectivity index (χ2v) is 4.99. The lowest BCUT2D eigenvalue weighted by Gasteiger charge is -2.28. The Bertz CT molecular complexity index is 466. The van der Waals surface area contributed by atoms with Crippen molar-refractivity contribution in [1.82, 2.24) is 0 Å². The van der Waals surface area contributed by atoms with E-state index in [4.69, 9.17) is 0 Å². The number of hydrogen-bond acceptors (Lipinski definition) is 3. The number of benzene rings is 1. The molecule has 0 bridgehead atoms. The van der Waals surface area contributed by atoms with E-state index in [1.807, 2.05) is 13.8 Å². The molecule has 20 heavy (non-hydrogen) atoms. The summed E-state index contributed by atoms with van der Waals surface area (Å²) < 4.78 is 43.0. The monoisotopic (exact) mass is 290 g/mol. The molecular formula is C14H17F3O3. The van der Waals surface area contributed by atoms with Crippen molar-refractivity contribution in [3.8, 4) is 0 Å². The Labute approximate surface area is 115 Å². The van der Waals surface area contributed by atoms with E-state index in [-0.39, 0.29) is 0 Å². The van der Waals surface area contributed by atoms with Crippen LogP contribution in [0.3, 0.4) is 0 Å². The Hall–Kier alpha value is -1.56. The number of alkyl halides is 3. The first-order chi connectivity index (χ1) is 9.12. The molecule has 0 unspecified atom stereocenters. The average molecular weight is 290 g/mol. The second-order valence-electron chi connectivity index (χ2n) is 4.99. The number of esters is 1. The van der Waals surface area contributed by atoms with Gasteiger partial charge in [-0.1, -0.05) is 38.1 Å². The van der Waals surface area contributed by atoms with Gasteiger partial charge in [-0.15, -0.1) is 0 Å². The van der Waals surface area contributed by atoms with Gasteiger partial charge in [-0.3, -0.25) is 0 Å². The SMILES string of the molecule is COC(=O)[C@@](O)(c1ccc(CC(C)C)cc1)C(F)(F)F. The van der Waals surface area contributed by atoms with Gasteiger partial charge >= 0.3 is 12.1 Å². The van der Waals surface area contributed by atoms with Gasteiger partial charge in [0, 0.05) is 5.56 Å². The zero-order chi connectivity index (χ0) is 15.6. The molecule has 0 saturated carbocycles. The van der Waals surface area contributed by atoms with Crippen molar-refractivity contribution in [1.29, 1.82) is 0 Å². The molecule has 3 nitrogen and oxygen atoms in total. The van der Waals surface area contributed by atoms with Crippen LogP contribution in [-0.2, 0) is 21.6 Å². The van der Waals surface area contributed by atoms with Crippen LogP contribution in [0.5, 0.6) is 0 Å². The largest absolute Gasteiger partial charge is 0.466 e. The fourth-order valence-corrected chi connectivity index (χ4v) is 1.90. The number of ether oxygens (including phenoxy) is 1. The number of aliphatic hydroxyl groups is 1. The molecule has 1 N–H and O–H groups in total. The van der Waals surface area contributed by atoms with Crippen LogP contribution >= 0.6 is 0 Å². The first kappa shape index (κ1) is 16.5. The summed E-state index contributed by atoms with van der Waals surface area (Å²) in [5.74, 6) is -1.40. The highest BCUT2D eigenvalue weighted by molar-refractivity contribution is 5.82. The lowest BCUT2D eigenvalue weighted by molar-refractivity contribution is -0.266. The van der Waals surface area contributed by atoms with Crippen molar-refractivity contribution >= 4 is 5.97 Å². The molecule has 1 aromatic carbocycles. The van der Waals surface area contributed by atoms with Crippen molar-refractivity contribution in [2.45, 2.75) is 32.0 Å². The molecular weight excluding hydrogens is 273 g/mol. The molecule has 0 aliphatic heterocycles. The van der Waals surface area contributed by atoms with Crippen LogP contribution in [0.2, 0.25) is 0 Å². The third-order valence-electron chi connectivity index (χ3n) is 2.91. The number of methoxy groups -OCH3 is 1. The molecule has 0 radical (unpaired) electrons. The van der Waals surface area contributed by atoms with Crippen molar-refractivity contribution < 1.29 is 27.8 Å². The molecule has 0 heterocycles. The lowest BCUT2D eigenvalue weighted by atomic mass is 9.91. The maximum Gasteiger partial charge on any atom is 0.432 e. The normalized spacial score (nSPS) is 15.0. The number of rotatable bonds is 4. The summed E-state index contributed by atoms with van der Waals surface area (Å²) in [6.45, 7) is 3.96. The first-order valence-electron chi connectivity index (χ1n) is 6.09. The summed E-state index contributed by atoms with van der Waals surface area (Å²) >= 11 is 0. The summed E-state index contributed by atoms with van der Waals surface area (Å²) in [6, 6.07) is 5.13. The molecule has 1 aromatic rings. The van der Waals surface area contributed by atoms with Crippen LogP contribution in [0.4, 0.5) is 13.2 Å². The van der Waals surface area contributed by atoms with Crippen molar-refractivity contribution in [3.63, 3.8) is 0 Å². The number of carbonyl (C=O) groups is 1. The molecule has 112 valence electrons. The molecule has 1 atom stereocenters. The molecule has 0 aliphatic carbocycles. The van der Waals surface area contributed by atoms with Gasteiger partial charge in [0.1, 0.15) is 0 Å². The molecule has 0 aromatic heterocycles. The number of hydrogen-bond donors (Lipinski definition) is 1. The fraction of sp³-hybridized carbons (Fsp3) is 0.500. The number of carbonyl (C=O) groups excluding carboxylic acids is 1. The van der Waals surface area contributed by atoms with E-state index in [0.29, 0.717) is 12.3 Å². The van der Waals surface area contributed by atoms with Crippen LogP contribution in [0.1, 0.15) is 25.0 Å². The lowest BCUT2D eigenvalue weighted by Crippen LogP contribution is -2.49. The Kier molecular flexibility index (Phi) is 4.81. The molecule has 0 amide bonds. The molecule has 0 saturated heterocycles. The van der Waals surface area contributed by atoms with Crippen molar-refractivity contribution in [2.24, 2.45) is 5.92 Å². The van der Waals surface area contributed by atoms with Gasteiger partial charge in [0.25, 0.3) is 5.60 Å². The third-order valence-corrected chi connectivity index (χ3v) is 2.91. The van der Waals surface area contributed by atoms with Gasteiger partial charge in [-0.2, -0.15) is 13.2 Å². The highest BCUT2D eigenvalue weighted by atomic mass is 19.4. The Balaban J connectivity index is 3.20.